The van der Waals surface area contributed by atoms with Crippen molar-refractivity contribution < 1.29 is 29.5 Å². The van der Waals surface area contributed by atoms with Crippen molar-refractivity contribution in [3.63, 3.8) is 0 Å². The van der Waals surface area contributed by atoms with E-state index in [-0.39, 0.29) is 5.41 Å². The summed E-state index contributed by atoms with van der Waals surface area (Å²) in [5.41, 5.74) is 1.03. The maximum atomic E-state index is 10.2. The van der Waals surface area contributed by atoms with Crippen LogP contribution in [-0.4, -0.2) is 17.0 Å². The Bertz CT molecular complexity index is 508. The summed E-state index contributed by atoms with van der Waals surface area (Å²) in [7, 11) is 0. The zero-order valence-electron chi connectivity index (χ0n) is 12.9. The van der Waals surface area contributed by atoms with Crippen LogP contribution in [0.5, 0.6) is 5.75 Å². The monoisotopic (exact) mass is 308 g/mol. The Morgan fingerprint density at radius 3 is 1.82 bits per heavy atom. The molecule has 0 saturated heterocycles. The van der Waals surface area contributed by atoms with E-state index in [1.807, 2.05) is 18.2 Å². The van der Waals surface area contributed by atoms with E-state index in [1.165, 1.54) is 0 Å². The summed E-state index contributed by atoms with van der Waals surface area (Å²) in [5.74, 6) is -1.33. The molecule has 0 fully saturated rings. The standard InChI is InChI=1S/C10H14O.C6H6O5/c1-10(2,3)8-6-4-5-7-9(8)11;1-3-5(7)9-11-10-6(8)4-2/h4-7,11H,1-3H3;3-4H,1-2H2. The molecule has 1 rings (SSSR count). The van der Waals surface area contributed by atoms with Crippen LogP contribution >= 0.6 is 0 Å². The highest BCUT2D eigenvalue weighted by atomic mass is 17.5. The first-order chi connectivity index (χ1) is 10.2. The third-order valence-electron chi connectivity index (χ3n) is 2.28. The molecule has 6 nitrogen and oxygen atoms in total. The molecule has 0 heterocycles. The van der Waals surface area contributed by atoms with E-state index in [0.29, 0.717) is 5.75 Å². The first kappa shape index (κ1) is 19.4. The molecule has 0 amide bonds. The van der Waals surface area contributed by atoms with Crippen molar-refractivity contribution in [1.29, 1.82) is 0 Å². The van der Waals surface area contributed by atoms with E-state index >= 15 is 0 Å². The van der Waals surface area contributed by atoms with Gasteiger partial charge in [0.05, 0.1) is 0 Å². The van der Waals surface area contributed by atoms with E-state index in [9.17, 15) is 14.7 Å². The molecule has 1 aromatic rings. The summed E-state index contributed by atoms with van der Waals surface area (Å²) in [6.07, 6.45) is 1.70. The number of para-hydroxylation sites is 1. The number of hydrogen-bond donors (Lipinski definition) is 1. The van der Waals surface area contributed by atoms with Gasteiger partial charge in [-0.05, 0) is 17.0 Å². The zero-order chi connectivity index (χ0) is 17.2. The van der Waals surface area contributed by atoms with Crippen LogP contribution in [0, 0.1) is 0 Å². The number of phenols is 1. The van der Waals surface area contributed by atoms with Crippen molar-refractivity contribution in [2.24, 2.45) is 0 Å². The molecule has 6 heteroatoms. The van der Waals surface area contributed by atoms with E-state index < -0.39 is 11.9 Å². The normalized spacial score (nSPS) is 9.77. The lowest BCUT2D eigenvalue weighted by molar-refractivity contribution is -0.455. The van der Waals surface area contributed by atoms with Gasteiger partial charge in [-0.15, -0.1) is 0 Å². The molecule has 0 atom stereocenters. The minimum atomic E-state index is -0.859. The minimum Gasteiger partial charge on any atom is -0.508 e. The number of hydrogen-bond acceptors (Lipinski definition) is 6. The summed E-state index contributed by atoms with van der Waals surface area (Å²) in [5, 5.41) is 13.1. The number of benzene rings is 1. The van der Waals surface area contributed by atoms with Crippen molar-refractivity contribution in [3.05, 3.63) is 55.1 Å². The van der Waals surface area contributed by atoms with Crippen molar-refractivity contribution >= 4 is 11.9 Å². The average molecular weight is 308 g/mol. The maximum absolute atomic E-state index is 10.2. The van der Waals surface area contributed by atoms with Crippen LogP contribution in [0.25, 0.3) is 0 Å². The van der Waals surface area contributed by atoms with Crippen LogP contribution in [0.1, 0.15) is 26.3 Å². The molecule has 0 radical (unpaired) electrons. The summed E-state index contributed by atoms with van der Waals surface area (Å²) in [6, 6.07) is 7.46. The quantitative estimate of drug-likeness (QED) is 0.523. The second kappa shape index (κ2) is 9.36. The van der Waals surface area contributed by atoms with Gasteiger partial charge in [-0.25, -0.2) is 9.59 Å². The SMILES string of the molecule is C=CC(=O)OOOC(=O)C=C.CC(C)(C)c1ccccc1O. The van der Waals surface area contributed by atoms with Gasteiger partial charge in [0.2, 0.25) is 0 Å². The number of aromatic hydroxyl groups is 1. The lowest BCUT2D eigenvalue weighted by Crippen LogP contribution is -2.10. The summed E-state index contributed by atoms with van der Waals surface area (Å²) >= 11 is 0. The van der Waals surface area contributed by atoms with Gasteiger partial charge in [0.1, 0.15) is 5.75 Å². The predicted octanol–water partition coefficient (Wildman–Crippen LogP) is 2.98. The fourth-order valence-electron chi connectivity index (χ4n) is 1.26. The zero-order valence-corrected chi connectivity index (χ0v) is 12.9. The summed E-state index contributed by atoms with van der Waals surface area (Å²) in [4.78, 5) is 28.0. The highest BCUT2D eigenvalue weighted by Gasteiger charge is 2.16. The second-order valence-electron chi connectivity index (χ2n) is 5.05. The van der Waals surface area contributed by atoms with Crippen molar-refractivity contribution in [3.8, 4) is 5.75 Å². The van der Waals surface area contributed by atoms with E-state index in [1.54, 1.807) is 6.07 Å². The summed E-state index contributed by atoms with van der Waals surface area (Å²) < 4.78 is 0. The highest BCUT2D eigenvalue weighted by Crippen LogP contribution is 2.29. The molecule has 0 aromatic heterocycles. The number of phenolic OH excluding ortho intramolecular Hbond substituents is 1. The number of carbonyl (C=O) groups is 2. The Kier molecular flexibility index (Phi) is 8.25. The van der Waals surface area contributed by atoms with Gasteiger partial charge in [-0.1, -0.05) is 52.1 Å². The molecule has 0 aliphatic carbocycles. The highest BCUT2D eigenvalue weighted by molar-refractivity contribution is 5.81. The van der Waals surface area contributed by atoms with Gasteiger partial charge in [0, 0.05) is 17.2 Å². The van der Waals surface area contributed by atoms with E-state index in [2.05, 4.69) is 48.7 Å². The fourth-order valence-corrected chi connectivity index (χ4v) is 1.26. The van der Waals surface area contributed by atoms with Crippen molar-refractivity contribution in [2.75, 3.05) is 0 Å². The molecular formula is C16H20O6. The third kappa shape index (κ3) is 7.86. The fraction of sp³-hybridized carbons (Fsp3) is 0.250. The van der Waals surface area contributed by atoms with Crippen LogP contribution in [0.2, 0.25) is 0 Å². The molecular weight excluding hydrogens is 288 g/mol. The maximum Gasteiger partial charge on any atom is 0.369 e. The lowest BCUT2D eigenvalue weighted by atomic mass is 9.86. The molecule has 0 spiro atoms. The van der Waals surface area contributed by atoms with Crippen LogP contribution in [0.3, 0.4) is 0 Å². The molecule has 0 unspecified atom stereocenters. The van der Waals surface area contributed by atoms with Crippen molar-refractivity contribution in [1.82, 2.24) is 0 Å². The van der Waals surface area contributed by atoms with Crippen molar-refractivity contribution in [2.45, 2.75) is 26.2 Å². The van der Waals surface area contributed by atoms with E-state index in [4.69, 9.17) is 0 Å². The first-order valence-corrected chi connectivity index (χ1v) is 6.34. The molecule has 120 valence electrons. The van der Waals surface area contributed by atoms with Crippen LogP contribution in [0.15, 0.2) is 49.6 Å². The molecule has 22 heavy (non-hydrogen) atoms. The minimum absolute atomic E-state index is 0.0331. The van der Waals surface area contributed by atoms with Gasteiger partial charge < -0.3 is 5.11 Å². The molecule has 1 aromatic carbocycles. The van der Waals surface area contributed by atoms with E-state index in [0.717, 1.165) is 17.7 Å². The Hall–Kier alpha value is -2.60. The lowest BCUT2D eigenvalue weighted by Gasteiger charge is -2.19. The van der Waals surface area contributed by atoms with Gasteiger partial charge in [-0.2, -0.15) is 0 Å². The third-order valence-corrected chi connectivity index (χ3v) is 2.28. The smallest absolute Gasteiger partial charge is 0.369 e. The Balaban J connectivity index is 0.000000401. The average Bonchev–Trinajstić information content (AvgIpc) is 2.46. The molecule has 1 N–H and O–H groups in total. The largest absolute Gasteiger partial charge is 0.508 e. The van der Waals surface area contributed by atoms with Gasteiger partial charge >= 0.3 is 11.9 Å². The number of rotatable bonds is 4. The van der Waals surface area contributed by atoms with Gasteiger partial charge in [0.25, 0.3) is 0 Å². The number of carbonyl (C=O) groups excluding carboxylic acids is 2. The van der Waals surface area contributed by atoms with Crippen LogP contribution in [-0.2, 0) is 29.8 Å². The Labute approximate surface area is 129 Å². The molecule has 0 aliphatic rings. The molecule has 0 aliphatic heterocycles. The predicted molar refractivity (Wildman–Crippen MR) is 80.5 cm³/mol. The Morgan fingerprint density at radius 1 is 1.05 bits per heavy atom. The van der Waals surface area contributed by atoms with Gasteiger partial charge in [-0.3, -0.25) is 9.78 Å². The second-order valence-corrected chi connectivity index (χ2v) is 5.05. The Morgan fingerprint density at radius 2 is 1.50 bits per heavy atom. The van der Waals surface area contributed by atoms with Crippen LogP contribution < -0.4 is 0 Å². The summed E-state index contributed by atoms with van der Waals surface area (Å²) in [6.45, 7) is 12.4. The first-order valence-electron chi connectivity index (χ1n) is 6.34. The topological polar surface area (TPSA) is 82.1 Å². The molecule has 0 bridgehead atoms. The molecule has 0 saturated carbocycles. The van der Waals surface area contributed by atoms with Gasteiger partial charge in [0.15, 0.2) is 0 Å². The van der Waals surface area contributed by atoms with Crippen LogP contribution in [0.4, 0.5) is 0 Å².